The molecule has 0 radical (unpaired) electrons. The average Bonchev–Trinajstić information content (AvgIpc) is 3.28. The summed E-state index contributed by atoms with van der Waals surface area (Å²) in [6.45, 7) is 1.88. The Morgan fingerprint density at radius 1 is 1.23 bits per heavy atom. The van der Waals surface area contributed by atoms with Crippen LogP contribution in [0.1, 0.15) is 48.9 Å². The van der Waals surface area contributed by atoms with Gasteiger partial charge in [-0.3, -0.25) is 9.78 Å². The van der Waals surface area contributed by atoms with Gasteiger partial charge in [0.05, 0.1) is 16.8 Å². The molecular formula is C20H17ClF3N5O. The largest absolute Gasteiger partial charge is 0.406 e. The van der Waals surface area contributed by atoms with E-state index >= 15 is 0 Å². The topological polar surface area (TPSA) is 63.4 Å². The molecule has 10 heteroatoms. The van der Waals surface area contributed by atoms with Crippen LogP contribution in [0.5, 0.6) is 0 Å². The molecule has 6 nitrogen and oxygen atoms in total. The van der Waals surface area contributed by atoms with E-state index in [1.165, 1.54) is 0 Å². The smallest absolute Gasteiger partial charge is 0.301 e. The first-order valence-electron chi connectivity index (χ1n) is 9.45. The van der Waals surface area contributed by atoms with Crippen LogP contribution in [0, 0.1) is 0 Å². The monoisotopic (exact) mass is 435 g/mol. The van der Waals surface area contributed by atoms with Gasteiger partial charge in [0.2, 0.25) is 5.91 Å². The van der Waals surface area contributed by atoms with E-state index in [1.54, 1.807) is 49.1 Å². The summed E-state index contributed by atoms with van der Waals surface area (Å²) in [6, 6.07) is 3.45. The van der Waals surface area contributed by atoms with Gasteiger partial charge in [-0.1, -0.05) is 11.6 Å². The molecule has 3 aromatic heterocycles. The van der Waals surface area contributed by atoms with Crippen LogP contribution in [0.2, 0.25) is 5.15 Å². The maximum Gasteiger partial charge on any atom is 0.406 e. The molecule has 1 aliphatic heterocycles. The molecule has 3 aromatic rings. The third-order valence-corrected chi connectivity index (χ3v) is 6.05. The van der Waals surface area contributed by atoms with E-state index in [1.807, 2.05) is 0 Å². The molecule has 4 heterocycles. The Morgan fingerprint density at radius 2 is 2.00 bits per heavy atom. The number of pyridine rings is 1. The molecule has 1 fully saturated rings. The van der Waals surface area contributed by atoms with Crippen LogP contribution in [0.15, 0.2) is 30.7 Å². The summed E-state index contributed by atoms with van der Waals surface area (Å²) >= 11 is 6.13. The molecule has 30 heavy (non-hydrogen) atoms. The van der Waals surface area contributed by atoms with Crippen molar-refractivity contribution in [1.29, 1.82) is 0 Å². The van der Waals surface area contributed by atoms with Gasteiger partial charge in [-0.05, 0) is 49.8 Å². The molecule has 0 unspecified atom stereocenters. The predicted octanol–water partition coefficient (Wildman–Crippen LogP) is 4.24. The van der Waals surface area contributed by atoms with Crippen LogP contribution in [0.3, 0.4) is 0 Å². The Hall–Kier alpha value is -2.68. The average molecular weight is 436 g/mol. The summed E-state index contributed by atoms with van der Waals surface area (Å²) < 4.78 is 40.9. The van der Waals surface area contributed by atoms with Crippen molar-refractivity contribution in [3.63, 3.8) is 0 Å². The number of imidazole rings is 1. The number of nitrogens with zero attached hydrogens (tertiary/aromatic N) is 5. The van der Waals surface area contributed by atoms with Crippen LogP contribution in [-0.4, -0.2) is 38.2 Å². The van der Waals surface area contributed by atoms with Crippen molar-refractivity contribution in [2.45, 2.75) is 43.7 Å². The summed E-state index contributed by atoms with van der Waals surface area (Å²) in [7, 11) is 0. The zero-order valence-electron chi connectivity index (χ0n) is 16.1. The summed E-state index contributed by atoms with van der Waals surface area (Å²) in [5.41, 5.74) is 1.96. The number of hydrogen-bond acceptors (Lipinski definition) is 4. The van der Waals surface area contributed by atoms with Gasteiger partial charge in [0.25, 0.3) is 0 Å². The van der Waals surface area contributed by atoms with E-state index in [2.05, 4.69) is 15.1 Å². The maximum atomic E-state index is 13.1. The highest BCUT2D eigenvalue weighted by Gasteiger charge is 2.50. The normalized spacial score (nSPS) is 22.6. The first kappa shape index (κ1) is 19.3. The SMILES string of the molecule is CC1(C)C(=O)N(CC(F)(F)F)c2cc([C@H]3C[C@@H]3c3cc(Cl)nn4ccnc34)cnc21. The Morgan fingerprint density at radius 3 is 2.73 bits per heavy atom. The molecule has 1 saturated carbocycles. The maximum absolute atomic E-state index is 13.1. The third-order valence-electron chi connectivity index (χ3n) is 5.86. The fourth-order valence-corrected chi connectivity index (χ4v) is 4.53. The lowest BCUT2D eigenvalue weighted by molar-refractivity contribution is -0.134. The fourth-order valence-electron chi connectivity index (χ4n) is 4.33. The molecule has 2 atom stereocenters. The Bertz CT molecular complexity index is 1190. The van der Waals surface area contributed by atoms with Gasteiger partial charge in [-0.2, -0.15) is 18.3 Å². The van der Waals surface area contributed by atoms with Gasteiger partial charge < -0.3 is 4.90 Å². The van der Waals surface area contributed by atoms with Crippen LogP contribution in [0.4, 0.5) is 18.9 Å². The second-order valence-electron chi connectivity index (χ2n) is 8.33. The van der Waals surface area contributed by atoms with Crippen molar-refractivity contribution in [2.24, 2.45) is 0 Å². The second kappa shape index (κ2) is 6.16. The number of aromatic nitrogens is 4. The van der Waals surface area contributed by atoms with Gasteiger partial charge in [0.1, 0.15) is 11.7 Å². The van der Waals surface area contributed by atoms with Crippen molar-refractivity contribution in [3.05, 3.63) is 52.7 Å². The van der Waals surface area contributed by atoms with E-state index in [-0.39, 0.29) is 17.5 Å². The lowest BCUT2D eigenvalue weighted by atomic mass is 9.90. The van der Waals surface area contributed by atoms with E-state index in [4.69, 9.17) is 11.6 Å². The zero-order chi connectivity index (χ0) is 21.4. The number of halogens is 4. The Labute approximate surface area is 174 Å². The number of carbonyl (C=O) groups is 1. The zero-order valence-corrected chi connectivity index (χ0v) is 16.9. The van der Waals surface area contributed by atoms with Crippen molar-refractivity contribution in [2.75, 3.05) is 11.4 Å². The highest BCUT2D eigenvalue weighted by Crippen LogP contribution is 2.56. The molecule has 1 aliphatic carbocycles. The van der Waals surface area contributed by atoms with Gasteiger partial charge in [-0.25, -0.2) is 9.50 Å². The van der Waals surface area contributed by atoms with Crippen molar-refractivity contribution >= 4 is 28.8 Å². The second-order valence-corrected chi connectivity index (χ2v) is 8.72. The molecule has 0 saturated heterocycles. The number of carbonyl (C=O) groups excluding carboxylic acids is 1. The standard InChI is InChI=1S/C20H17ClF3N5O/c1-19(2)16-14(28(18(19)30)9-20(22,23)24)5-10(8-26-16)11-6-12(11)13-7-15(21)27-29-4-3-25-17(13)29/h3-5,7-8,11-12H,6,9H2,1-2H3/t11-,12+/m1/s1. The number of amides is 1. The minimum Gasteiger partial charge on any atom is -0.301 e. The lowest BCUT2D eigenvalue weighted by Crippen LogP contribution is -2.41. The first-order valence-corrected chi connectivity index (χ1v) is 9.83. The fraction of sp³-hybridized carbons (Fsp3) is 0.400. The van der Waals surface area contributed by atoms with Gasteiger partial charge >= 0.3 is 6.18 Å². The minimum atomic E-state index is -4.49. The Balaban J connectivity index is 1.51. The number of fused-ring (bicyclic) bond motifs is 2. The molecular weight excluding hydrogens is 419 g/mol. The molecule has 0 aromatic carbocycles. The Kier molecular flexibility index (Phi) is 3.96. The van der Waals surface area contributed by atoms with Crippen LogP contribution >= 0.6 is 11.6 Å². The van der Waals surface area contributed by atoms with Crippen LogP contribution < -0.4 is 4.90 Å². The van der Waals surface area contributed by atoms with E-state index in [9.17, 15) is 18.0 Å². The molecule has 5 rings (SSSR count). The van der Waals surface area contributed by atoms with E-state index < -0.39 is 24.0 Å². The number of anilines is 1. The lowest BCUT2D eigenvalue weighted by Gasteiger charge is -2.21. The van der Waals surface area contributed by atoms with Crippen LogP contribution in [-0.2, 0) is 10.2 Å². The number of hydrogen-bond donors (Lipinski definition) is 0. The highest BCUT2D eigenvalue weighted by atomic mass is 35.5. The summed E-state index contributed by atoms with van der Waals surface area (Å²) in [5.74, 6) is -0.420. The van der Waals surface area contributed by atoms with Crippen LogP contribution in [0.25, 0.3) is 5.65 Å². The molecule has 1 amide bonds. The molecule has 0 bridgehead atoms. The molecule has 2 aliphatic rings. The van der Waals surface area contributed by atoms with E-state index in [0.717, 1.165) is 22.4 Å². The summed E-state index contributed by atoms with van der Waals surface area (Å²) in [4.78, 5) is 22.2. The highest BCUT2D eigenvalue weighted by molar-refractivity contribution is 6.29. The minimum absolute atomic E-state index is 0.0633. The third kappa shape index (κ3) is 2.94. The van der Waals surface area contributed by atoms with Gasteiger partial charge in [-0.15, -0.1) is 0 Å². The first-order chi connectivity index (χ1) is 14.1. The van der Waals surface area contributed by atoms with Crippen molar-refractivity contribution < 1.29 is 18.0 Å². The molecule has 156 valence electrons. The predicted molar refractivity (Wildman–Crippen MR) is 104 cm³/mol. The van der Waals surface area contributed by atoms with Gasteiger partial charge in [0.15, 0.2) is 5.65 Å². The van der Waals surface area contributed by atoms with Gasteiger partial charge in [0, 0.05) is 24.2 Å². The molecule has 0 spiro atoms. The quantitative estimate of drug-likeness (QED) is 0.617. The number of alkyl halides is 3. The number of rotatable bonds is 3. The summed E-state index contributed by atoms with van der Waals surface area (Å²) in [5, 5.41) is 4.52. The van der Waals surface area contributed by atoms with Crippen molar-refractivity contribution in [1.82, 2.24) is 19.6 Å². The van der Waals surface area contributed by atoms with E-state index in [0.29, 0.717) is 16.5 Å². The summed E-state index contributed by atoms with van der Waals surface area (Å²) in [6.07, 6.45) is 1.31. The molecule has 0 N–H and O–H groups in total. The van der Waals surface area contributed by atoms with Crippen molar-refractivity contribution in [3.8, 4) is 0 Å².